The average molecular weight is 177 g/mol. The summed E-state index contributed by atoms with van der Waals surface area (Å²) in [5.74, 6) is 0.612. The fourth-order valence-corrected chi connectivity index (χ4v) is 0.745. The molecule has 0 aliphatic rings. The van der Waals surface area contributed by atoms with Crippen LogP contribution in [0.4, 0.5) is 0 Å². The molecule has 1 rings (SSSR count). The van der Waals surface area contributed by atoms with E-state index in [0.717, 1.165) is 0 Å². The van der Waals surface area contributed by atoms with Crippen LogP contribution in [0.2, 0.25) is 0 Å². The van der Waals surface area contributed by atoms with Crippen LogP contribution < -0.4 is 0 Å². The first-order valence-corrected chi connectivity index (χ1v) is 4.20. The standard InChI is InChI=1S/C7H7Cl.CH3Cl/c8-6-7-4-2-1-3-5-7;1-2/h1-5H,6H2;1H3. The highest BCUT2D eigenvalue weighted by atomic mass is 35.5. The summed E-state index contributed by atoms with van der Waals surface area (Å²) in [7, 11) is 0. The lowest BCUT2D eigenvalue weighted by molar-refractivity contribution is 1.41. The topological polar surface area (TPSA) is 0 Å². The average Bonchev–Trinajstić information content (AvgIpc) is 2.10. The quantitative estimate of drug-likeness (QED) is 0.577. The van der Waals surface area contributed by atoms with Crippen LogP contribution in [0.25, 0.3) is 0 Å². The van der Waals surface area contributed by atoms with Crippen LogP contribution >= 0.6 is 23.2 Å². The second-order valence-electron chi connectivity index (χ2n) is 1.62. The molecule has 0 unspecified atom stereocenters. The van der Waals surface area contributed by atoms with Gasteiger partial charge in [0.25, 0.3) is 0 Å². The van der Waals surface area contributed by atoms with Crippen LogP contribution in [0.1, 0.15) is 5.56 Å². The second-order valence-corrected chi connectivity index (χ2v) is 1.89. The minimum Gasteiger partial charge on any atom is -0.130 e. The van der Waals surface area contributed by atoms with Gasteiger partial charge in [-0.05, 0) is 5.56 Å². The van der Waals surface area contributed by atoms with Gasteiger partial charge in [0.15, 0.2) is 0 Å². The van der Waals surface area contributed by atoms with Crippen LogP contribution in [0.5, 0.6) is 0 Å². The van der Waals surface area contributed by atoms with Crippen molar-refractivity contribution in [2.75, 3.05) is 6.38 Å². The Morgan fingerprint density at radius 1 is 1.10 bits per heavy atom. The third-order valence-corrected chi connectivity index (χ3v) is 1.31. The van der Waals surface area contributed by atoms with Gasteiger partial charge in [-0.2, -0.15) is 0 Å². The molecule has 0 bridgehead atoms. The highest BCUT2D eigenvalue weighted by Crippen LogP contribution is 2.00. The largest absolute Gasteiger partial charge is 0.130 e. The summed E-state index contributed by atoms with van der Waals surface area (Å²) < 4.78 is 0. The van der Waals surface area contributed by atoms with Gasteiger partial charge in [0.2, 0.25) is 0 Å². The van der Waals surface area contributed by atoms with Crippen LogP contribution in [0.3, 0.4) is 0 Å². The molecule has 0 aromatic heterocycles. The SMILES string of the molecule is CCl.ClCc1ccccc1. The van der Waals surface area contributed by atoms with E-state index in [1.807, 2.05) is 30.3 Å². The van der Waals surface area contributed by atoms with E-state index < -0.39 is 0 Å². The molecule has 0 aliphatic carbocycles. The molecule has 0 fully saturated rings. The van der Waals surface area contributed by atoms with E-state index in [2.05, 4.69) is 11.6 Å². The predicted octanol–water partition coefficient (Wildman–Crippen LogP) is 3.28. The number of benzene rings is 1. The Balaban J connectivity index is 0.000000371. The van der Waals surface area contributed by atoms with E-state index in [1.54, 1.807) is 0 Å². The third-order valence-electron chi connectivity index (χ3n) is 0.997. The predicted molar refractivity (Wildman–Crippen MR) is 47.8 cm³/mol. The number of hydrogen-bond acceptors (Lipinski definition) is 0. The first-order valence-electron chi connectivity index (χ1n) is 2.91. The highest BCUT2D eigenvalue weighted by Gasteiger charge is 1.81. The molecule has 0 heterocycles. The van der Waals surface area contributed by atoms with Crippen molar-refractivity contribution in [3.05, 3.63) is 35.9 Å². The molecule has 0 aliphatic heterocycles. The molecular formula is C8H10Cl2. The van der Waals surface area contributed by atoms with Gasteiger partial charge < -0.3 is 0 Å². The molecule has 1 aromatic rings. The van der Waals surface area contributed by atoms with Gasteiger partial charge in [-0.1, -0.05) is 30.3 Å². The fourth-order valence-electron chi connectivity index (χ4n) is 0.567. The van der Waals surface area contributed by atoms with Crippen molar-refractivity contribution in [2.24, 2.45) is 0 Å². The van der Waals surface area contributed by atoms with Gasteiger partial charge in [-0.3, -0.25) is 0 Å². The van der Waals surface area contributed by atoms with E-state index in [4.69, 9.17) is 11.6 Å². The van der Waals surface area contributed by atoms with Crippen molar-refractivity contribution in [3.63, 3.8) is 0 Å². The lowest BCUT2D eigenvalue weighted by Crippen LogP contribution is -1.71. The smallest absolute Gasteiger partial charge is 0.0474 e. The molecule has 0 N–H and O–H groups in total. The molecule has 0 nitrogen and oxygen atoms in total. The Labute approximate surface area is 71.8 Å². The van der Waals surface area contributed by atoms with Crippen molar-refractivity contribution in [2.45, 2.75) is 5.88 Å². The minimum absolute atomic E-state index is 0.612. The molecule has 0 radical (unpaired) electrons. The summed E-state index contributed by atoms with van der Waals surface area (Å²) in [4.78, 5) is 0. The van der Waals surface area contributed by atoms with Gasteiger partial charge in [-0.25, -0.2) is 0 Å². The Bertz CT molecular complexity index is 149. The number of rotatable bonds is 1. The van der Waals surface area contributed by atoms with Gasteiger partial charge >= 0.3 is 0 Å². The summed E-state index contributed by atoms with van der Waals surface area (Å²) in [6, 6.07) is 9.96. The van der Waals surface area contributed by atoms with E-state index in [-0.39, 0.29) is 0 Å². The molecule has 0 amide bonds. The molecule has 0 saturated carbocycles. The van der Waals surface area contributed by atoms with Crippen LogP contribution in [0, 0.1) is 0 Å². The van der Waals surface area contributed by atoms with Gasteiger partial charge in [0.1, 0.15) is 0 Å². The van der Waals surface area contributed by atoms with Gasteiger partial charge in [0.05, 0.1) is 0 Å². The van der Waals surface area contributed by atoms with Crippen molar-refractivity contribution in [1.29, 1.82) is 0 Å². The molecule has 0 spiro atoms. The monoisotopic (exact) mass is 176 g/mol. The van der Waals surface area contributed by atoms with Crippen molar-refractivity contribution in [3.8, 4) is 0 Å². The lowest BCUT2D eigenvalue weighted by Gasteiger charge is -1.88. The maximum Gasteiger partial charge on any atom is 0.0474 e. The number of alkyl halides is 2. The van der Waals surface area contributed by atoms with E-state index >= 15 is 0 Å². The lowest BCUT2D eigenvalue weighted by atomic mass is 10.2. The van der Waals surface area contributed by atoms with Crippen molar-refractivity contribution < 1.29 is 0 Å². The van der Waals surface area contributed by atoms with Gasteiger partial charge in [-0.15, -0.1) is 23.2 Å². The molecule has 0 atom stereocenters. The normalized spacial score (nSPS) is 7.90. The maximum absolute atomic E-state index is 5.53. The van der Waals surface area contributed by atoms with Crippen LogP contribution in [-0.2, 0) is 5.88 Å². The van der Waals surface area contributed by atoms with E-state index in [9.17, 15) is 0 Å². The van der Waals surface area contributed by atoms with Gasteiger partial charge in [0, 0.05) is 12.3 Å². The summed E-state index contributed by atoms with van der Waals surface area (Å²) in [6.07, 6.45) is 1.47. The third kappa shape index (κ3) is 3.76. The first kappa shape index (κ1) is 9.80. The molecule has 1 aromatic carbocycles. The molecule has 10 heavy (non-hydrogen) atoms. The van der Waals surface area contributed by atoms with E-state index in [1.165, 1.54) is 11.9 Å². The Morgan fingerprint density at radius 3 is 1.90 bits per heavy atom. The number of halogens is 2. The van der Waals surface area contributed by atoms with Crippen LogP contribution in [0.15, 0.2) is 30.3 Å². The first-order chi connectivity index (χ1) is 4.93. The molecule has 0 saturated heterocycles. The highest BCUT2D eigenvalue weighted by molar-refractivity contribution is 6.17. The van der Waals surface area contributed by atoms with E-state index in [0.29, 0.717) is 5.88 Å². The summed E-state index contributed by atoms with van der Waals surface area (Å²) in [5.41, 5.74) is 1.18. The Morgan fingerprint density at radius 2 is 1.60 bits per heavy atom. The molecule has 2 heteroatoms. The zero-order valence-corrected chi connectivity index (χ0v) is 7.36. The van der Waals surface area contributed by atoms with Crippen molar-refractivity contribution in [1.82, 2.24) is 0 Å². The summed E-state index contributed by atoms with van der Waals surface area (Å²) in [5, 5.41) is 0. The second kappa shape index (κ2) is 6.91. The fraction of sp³-hybridized carbons (Fsp3) is 0.250. The zero-order valence-electron chi connectivity index (χ0n) is 5.85. The summed E-state index contributed by atoms with van der Waals surface area (Å²) >= 11 is 10.2. The maximum atomic E-state index is 5.53. The number of hydrogen-bond donors (Lipinski definition) is 0. The Kier molecular flexibility index (Phi) is 6.78. The molecular weight excluding hydrogens is 167 g/mol. The Hall–Kier alpha value is -0.200. The molecule has 56 valence electrons. The summed E-state index contributed by atoms with van der Waals surface area (Å²) in [6.45, 7) is 0. The van der Waals surface area contributed by atoms with Crippen molar-refractivity contribution >= 4 is 23.2 Å². The minimum atomic E-state index is 0.612. The zero-order chi connectivity index (χ0) is 7.82. The van der Waals surface area contributed by atoms with Crippen LogP contribution in [-0.4, -0.2) is 6.38 Å².